The summed E-state index contributed by atoms with van der Waals surface area (Å²) in [4.78, 5) is 14.3. The highest BCUT2D eigenvalue weighted by atomic mass is 16.3. The molecule has 2 saturated heterocycles. The molecule has 1 aromatic carbocycles. The summed E-state index contributed by atoms with van der Waals surface area (Å²) in [6.45, 7) is 8.92. The Morgan fingerprint density at radius 3 is 2.67 bits per heavy atom. The van der Waals surface area contributed by atoms with Crippen molar-refractivity contribution in [3.63, 3.8) is 0 Å². The van der Waals surface area contributed by atoms with Crippen LogP contribution in [0.4, 0.5) is 5.95 Å². The summed E-state index contributed by atoms with van der Waals surface area (Å²) in [5.74, 6) is 0.810. The number of likely N-dealkylation sites (tertiary alicyclic amines) is 1. The number of hydrogen-bond donors (Lipinski definition) is 1. The molecule has 174 valence electrons. The molecule has 0 unspecified atom stereocenters. The lowest BCUT2D eigenvalue weighted by molar-refractivity contribution is 0.240. The average molecular weight is 447 g/mol. The standard InChI is InChI=1S/C26H34N6O/c1-19-7-8-21(16-20(19)2)17-31-13-5-6-24(31)25-22(18-32(29-25)14-15-33)23-9-10-27-26(28-23)30-11-3-4-12-30/h7-10,16,18,24,33H,3-6,11-15,17H2,1-2H3/t24-/m0/s1. The minimum Gasteiger partial charge on any atom is -0.394 e. The second kappa shape index (κ2) is 9.61. The van der Waals surface area contributed by atoms with Gasteiger partial charge in [-0.15, -0.1) is 0 Å². The molecule has 1 N–H and O–H groups in total. The Morgan fingerprint density at radius 2 is 1.88 bits per heavy atom. The van der Waals surface area contributed by atoms with Crippen molar-refractivity contribution in [1.82, 2.24) is 24.6 Å². The maximum absolute atomic E-state index is 9.54. The Hall–Kier alpha value is -2.77. The van der Waals surface area contributed by atoms with Crippen LogP contribution in [0.2, 0.25) is 0 Å². The minimum absolute atomic E-state index is 0.0698. The van der Waals surface area contributed by atoms with Crippen molar-refractivity contribution in [2.45, 2.75) is 58.7 Å². The van der Waals surface area contributed by atoms with Crippen LogP contribution in [0.25, 0.3) is 11.3 Å². The van der Waals surface area contributed by atoms with E-state index in [0.29, 0.717) is 6.54 Å². The van der Waals surface area contributed by atoms with Crippen molar-refractivity contribution in [2.24, 2.45) is 0 Å². The second-order valence-corrected chi connectivity index (χ2v) is 9.40. The zero-order chi connectivity index (χ0) is 22.8. The van der Waals surface area contributed by atoms with Gasteiger partial charge in [0.05, 0.1) is 30.6 Å². The Labute approximate surface area is 196 Å². The molecule has 4 heterocycles. The molecule has 0 radical (unpaired) electrons. The number of aliphatic hydroxyl groups excluding tert-OH is 1. The molecule has 0 bridgehead atoms. The van der Waals surface area contributed by atoms with E-state index in [1.165, 1.54) is 29.5 Å². The van der Waals surface area contributed by atoms with Gasteiger partial charge in [0.2, 0.25) is 5.95 Å². The number of hydrogen-bond acceptors (Lipinski definition) is 6. The Kier molecular flexibility index (Phi) is 6.42. The molecule has 7 nitrogen and oxygen atoms in total. The lowest BCUT2D eigenvalue weighted by Gasteiger charge is -2.24. The van der Waals surface area contributed by atoms with Gasteiger partial charge in [-0.3, -0.25) is 9.58 Å². The monoisotopic (exact) mass is 446 g/mol. The topological polar surface area (TPSA) is 70.3 Å². The van der Waals surface area contributed by atoms with Gasteiger partial charge < -0.3 is 10.0 Å². The summed E-state index contributed by atoms with van der Waals surface area (Å²) >= 11 is 0. The predicted molar refractivity (Wildman–Crippen MR) is 130 cm³/mol. The molecule has 7 heteroatoms. The molecule has 2 aromatic heterocycles. The van der Waals surface area contributed by atoms with Gasteiger partial charge in [0, 0.05) is 37.6 Å². The first-order valence-electron chi connectivity index (χ1n) is 12.2. The first-order chi connectivity index (χ1) is 16.1. The lowest BCUT2D eigenvalue weighted by atomic mass is 10.0. The summed E-state index contributed by atoms with van der Waals surface area (Å²) in [6, 6.07) is 9.01. The number of aryl methyl sites for hydroxylation is 2. The molecule has 2 fully saturated rings. The van der Waals surface area contributed by atoms with Crippen molar-refractivity contribution in [3.8, 4) is 11.3 Å². The van der Waals surface area contributed by atoms with Crippen molar-refractivity contribution >= 4 is 5.95 Å². The van der Waals surface area contributed by atoms with Gasteiger partial charge in [0.25, 0.3) is 0 Å². The number of nitrogens with zero attached hydrogens (tertiary/aromatic N) is 6. The average Bonchev–Trinajstić information content (AvgIpc) is 3.57. The minimum atomic E-state index is 0.0698. The third kappa shape index (κ3) is 4.66. The molecule has 5 rings (SSSR count). The smallest absolute Gasteiger partial charge is 0.225 e. The number of anilines is 1. The Bertz CT molecular complexity index is 1100. The van der Waals surface area contributed by atoms with Gasteiger partial charge in [-0.25, -0.2) is 9.97 Å². The van der Waals surface area contributed by atoms with E-state index in [4.69, 9.17) is 10.1 Å². The lowest BCUT2D eigenvalue weighted by Crippen LogP contribution is -2.24. The van der Waals surface area contributed by atoms with Gasteiger partial charge in [0.15, 0.2) is 0 Å². The van der Waals surface area contributed by atoms with Crippen LogP contribution in [-0.2, 0) is 13.1 Å². The molecule has 2 aliphatic rings. The quantitative estimate of drug-likeness (QED) is 0.594. The molecule has 0 aliphatic carbocycles. The third-order valence-corrected chi connectivity index (χ3v) is 7.06. The van der Waals surface area contributed by atoms with E-state index < -0.39 is 0 Å². The summed E-state index contributed by atoms with van der Waals surface area (Å²) in [5, 5.41) is 14.5. The Morgan fingerprint density at radius 1 is 1.03 bits per heavy atom. The molecular weight excluding hydrogens is 412 g/mol. The van der Waals surface area contributed by atoms with Crippen LogP contribution in [0.3, 0.4) is 0 Å². The number of benzene rings is 1. The normalized spacial score (nSPS) is 19.0. The first kappa shape index (κ1) is 22.0. The highest BCUT2D eigenvalue weighted by molar-refractivity contribution is 5.63. The van der Waals surface area contributed by atoms with Crippen LogP contribution in [0.1, 0.15) is 54.1 Å². The van der Waals surface area contributed by atoms with Crippen LogP contribution in [0, 0.1) is 13.8 Å². The van der Waals surface area contributed by atoms with E-state index in [1.54, 1.807) is 0 Å². The SMILES string of the molecule is Cc1ccc(CN2CCC[C@H]2c2nn(CCO)cc2-c2ccnc(N3CCCC3)n2)cc1C. The molecule has 3 aromatic rings. The first-order valence-corrected chi connectivity index (χ1v) is 12.2. The second-order valence-electron chi connectivity index (χ2n) is 9.40. The number of aliphatic hydroxyl groups is 1. The van der Waals surface area contributed by atoms with Crippen molar-refractivity contribution in [2.75, 3.05) is 31.1 Å². The zero-order valence-electron chi connectivity index (χ0n) is 19.7. The largest absolute Gasteiger partial charge is 0.394 e. The van der Waals surface area contributed by atoms with Crippen LogP contribution >= 0.6 is 0 Å². The highest BCUT2D eigenvalue weighted by Gasteiger charge is 2.31. The van der Waals surface area contributed by atoms with Gasteiger partial charge in [-0.1, -0.05) is 18.2 Å². The third-order valence-electron chi connectivity index (χ3n) is 7.06. The number of aromatic nitrogens is 4. The van der Waals surface area contributed by atoms with Crippen LogP contribution in [-0.4, -0.2) is 56.0 Å². The van der Waals surface area contributed by atoms with Crippen LogP contribution in [0.15, 0.2) is 36.7 Å². The summed E-state index contributed by atoms with van der Waals surface area (Å²) < 4.78 is 1.87. The van der Waals surface area contributed by atoms with Crippen molar-refractivity contribution in [3.05, 3.63) is 59.0 Å². The van der Waals surface area contributed by atoms with E-state index in [2.05, 4.69) is 46.8 Å². The Balaban J connectivity index is 1.47. The molecule has 1 atom stereocenters. The van der Waals surface area contributed by atoms with E-state index in [-0.39, 0.29) is 12.6 Å². The molecular formula is C26H34N6O. The fourth-order valence-electron chi connectivity index (χ4n) is 5.13. The van der Waals surface area contributed by atoms with E-state index in [1.807, 2.05) is 23.1 Å². The van der Waals surface area contributed by atoms with Crippen molar-refractivity contribution in [1.29, 1.82) is 0 Å². The number of rotatable bonds is 7. The fraction of sp³-hybridized carbons (Fsp3) is 0.500. The van der Waals surface area contributed by atoms with E-state index in [0.717, 1.165) is 61.9 Å². The summed E-state index contributed by atoms with van der Waals surface area (Å²) in [7, 11) is 0. The summed E-state index contributed by atoms with van der Waals surface area (Å²) in [6.07, 6.45) is 8.55. The van der Waals surface area contributed by atoms with Crippen LogP contribution in [0.5, 0.6) is 0 Å². The van der Waals surface area contributed by atoms with Gasteiger partial charge in [0.1, 0.15) is 0 Å². The molecule has 0 spiro atoms. The molecule has 0 saturated carbocycles. The van der Waals surface area contributed by atoms with E-state index in [9.17, 15) is 5.11 Å². The molecule has 0 amide bonds. The van der Waals surface area contributed by atoms with Crippen LogP contribution < -0.4 is 4.90 Å². The predicted octanol–water partition coefficient (Wildman–Crippen LogP) is 3.89. The van der Waals surface area contributed by atoms with Gasteiger partial charge >= 0.3 is 0 Å². The maximum Gasteiger partial charge on any atom is 0.225 e. The van der Waals surface area contributed by atoms with E-state index >= 15 is 0 Å². The van der Waals surface area contributed by atoms with Gasteiger partial charge in [-0.05, 0) is 68.8 Å². The molecule has 33 heavy (non-hydrogen) atoms. The zero-order valence-corrected chi connectivity index (χ0v) is 19.7. The van der Waals surface area contributed by atoms with Gasteiger partial charge in [-0.2, -0.15) is 5.10 Å². The van der Waals surface area contributed by atoms with Crippen molar-refractivity contribution < 1.29 is 5.11 Å². The molecule has 2 aliphatic heterocycles. The maximum atomic E-state index is 9.54. The fourth-order valence-corrected chi connectivity index (χ4v) is 5.13. The highest BCUT2D eigenvalue weighted by Crippen LogP contribution is 2.37. The summed E-state index contributed by atoms with van der Waals surface area (Å²) in [5.41, 5.74) is 7.06.